The molecule has 0 bridgehead atoms. The van der Waals surface area contributed by atoms with Gasteiger partial charge in [-0.25, -0.2) is 0 Å². The van der Waals surface area contributed by atoms with Gasteiger partial charge in [-0.15, -0.1) is 0 Å². The Balaban J connectivity index is 1.95. The van der Waals surface area contributed by atoms with Crippen molar-refractivity contribution in [1.29, 1.82) is 0 Å². The molecule has 24 heavy (non-hydrogen) atoms. The van der Waals surface area contributed by atoms with Crippen LogP contribution in [0.4, 0.5) is 0 Å². The molecule has 3 rings (SSSR count). The number of fused-ring (bicyclic) bond motifs is 1. The topological polar surface area (TPSA) is 9.23 Å². The van der Waals surface area contributed by atoms with Gasteiger partial charge in [0.1, 0.15) is 5.75 Å². The second-order valence-corrected chi connectivity index (χ2v) is 9.20. The first kappa shape index (κ1) is 17.6. The summed E-state index contributed by atoms with van der Waals surface area (Å²) in [5, 5.41) is 0. The number of rotatable bonds is 3. The van der Waals surface area contributed by atoms with Crippen LogP contribution in [-0.2, 0) is 6.42 Å². The number of methoxy groups -OCH3 is 1. The van der Waals surface area contributed by atoms with E-state index in [-0.39, 0.29) is 0 Å². The van der Waals surface area contributed by atoms with Crippen molar-refractivity contribution in [2.45, 2.75) is 66.7 Å². The van der Waals surface area contributed by atoms with Crippen LogP contribution in [0.5, 0.6) is 5.75 Å². The van der Waals surface area contributed by atoms with Crippen molar-refractivity contribution in [2.75, 3.05) is 7.11 Å². The summed E-state index contributed by atoms with van der Waals surface area (Å²) in [6, 6.07) is 6.71. The molecule has 0 N–H and O–H groups in total. The predicted molar refractivity (Wildman–Crippen MR) is 103 cm³/mol. The van der Waals surface area contributed by atoms with Gasteiger partial charge in [0.05, 0.1) is 7.11 Å². The Kier molecular flexibility index (Phi) is 4.57. The molecule has 1 nitrogen and oxygen atoms in total. The maximum absolute atomic E-state index is 5.50. The summed E-state index contributed by atoms with van der Waals surface area (Å²) in [6.45, 7) is 12.1. The highest BCUT2D eigenvalue weighted by atomic mass is 16.5. The molecule has 0 aromatic heterocycles. The first-order valence-electron chi connectivity index (χ1n) is 9.57. The molecule has 0 amide bonds. The van der Waals surface area contributed by atoms with Crippen molar-refractivity contribution in [3.05, 3.63) is 41.0 Å². The lowest BCUT2D eigenvalue weighted by atomic mass is 9.48. The maximum Gasteiger partial charge on any atom is 0.119 e. The number of benzene rings is 1. The minimum atomic E-state index is 0.428. The fourth-order valence-electron chi connectivity index (χ4n) is 5.83. The Hall–Kier alpha value is -1.24. The first-order valence-corrected chi connectivity index (χ1v) is 9.57. The molecule has 1 aromatic rings. The molecule has 3 atom stereocenters. The number of ether oxygens (including phenoxy) is 1. The van der Waals surface area contributed by atoms with Crippen LogP contribution in [-0.4, -0.2) is 7.11 Å². The number of hydrogen-bond donors (Lipinski definition) is 0. The van der Waals surface area contributed by atoms with Crippen LogP contribution in [0.2, 0.25) is 0 Å². The highest BCUT2D eigenvalue weighted by Gasteiger charge is 2.51. The Morgan fingerprint density at radius 1 is 1.08 bits per heavy atom. The van der Waals surface area contributed by atoms with E-state index in [0.29, 0.717) is 16.7 Å². The van der Waals surface area contributed by atoms with Crippen LogP contribution in [0.3, 0.4) is 0 Å². The predicted octanol–water partition coefficient (Wildman–Crippen LogP) is 6.34. The Morgan fingerprint density at radius 2 is 1.83 bits per heavy atom. The molecule has 1 saturated carbocycles. The Morgan fingerprint density at radius 3 is 2.54 bits per heavy atom. The van der Waals surface area contributed by atoms with Gasteiger partial charge in [0.15, 0.2) is 0 Å². The van der Waals surface area contributed by atoms with Crippen molar-refractivity contribution in [1.82, 2.24) is 0 Å². The zero-order valence-corrected chi connectivity index (χ0v) is 16.4. The summed E-state index contributed by atoms with van der Waals surface area (Å²) >= 11 is 0. The Labute approximate surface area is 148 Å². The molecule has 1 fully saturated rings. The smallest absolute Gasteiger partial charge is 0.119 e. The van der Waals surface area contributed by atoms with Gasteiger partial charge in [-0.3, -0.25) is 0 Å². The Bertz CT molecular complexity index is 639. The summed E-state index contributed by atoms with van der Waals surface area (Å²) in [5.74, 6) is 2.45. The maximum atomic E-state index is 5.50. The summed E-state index contributed by atoms with van der Waals surface area (Å²) in [4.78, 5) is 0. The molecule has 0 radical (unpaired) electrons. The van der Waals surface area contributed by atoms with Crippen molar-refractivity contribution < 1.29 is 4.74 Å². The number of allylic oxidation sites excluding steroid dienone is 2. The van der Waals surface area contributed by atoms with E-state index in [1.807, 2.05) is 0 Å². The third-order valence-corrected chi connectivity index (χ3v) is 7.08. The van der Waals surface area contributed by atoms with Crippen LogP contribution in [0.15, 0.2) is 29.8 Å². The second-order valence-electron chi connectivity index (χ2n) is 9.20. The van der Waals surface area contributed by atoms with E-state index in [1.165, 1.54) is 36.8 Å². The van der Waals surface area contributed by atoms with Gasteiger partial charge in [-0.2, -0.15) is 0 Å². The fourth-order valence-corrected chi connectivity index (χ4v) is 5.83. The van der Waals surface area contributed by atoms with Crippen molar-refractivity contribution in [2.24, 2.45) is 22.7 Å². The minimum absolute atomic E-state index is 0.428. The van der Waals surface area contributed by atoms with Crippen molar-refractivity contribution in [3.63, 3.8) is 0 Å². The SMILES string of the molecule is COc1cc(C)cc(C[C@H]2C(C)=CC[C@H]3C(C)(C)CCC[C@]23C)c1. The highest BCUT2D eigenvalue weighted by molar-refractivity contribution is 5.35. The lowest BCUT2D eigenvalue weighted by molar-refractivity contribution is -0.0368. The zero-order chi connectivity index (χ0) is 17.5. The second kappa shape index (κ2) is 6.24. The van der Waals surface area contributed by atoms with E-state index in [1.54, 1.807) is 12.7 Å². The molecule has 2 aliphatic carbocycles. The van der Waals surface area contributed by atoms with Gasteiger partial charge in [0, 0.05) is 0 Å². The first-order chi connectivity index (χ1) is 11.3. The summed E-state index contributed by atoms with van der Waals surface area (Å²) in [7, 11) is 1.77. The highest BCUT2D eigenvalue weighted by Crippen LogP contribution is 2.60. The minimum Gasteiger partial charge on any atom is -0.497 e. The van der Waals surface area contributed by atoms with Gasteiger partial charge in [-0.1, -0.05) is 44.9 Å². The molecule has 132 valence electrons. The fraction of sp³-hybridized carbons (Fsp3) is 0.652. The van der Waals surface area contributed by atoms with Crippen LogP contribution < -0.4 is 4.74 Å². The van der Waals surface area contributed by atoms with Gasteiger partial charge < -0.3 is 4.74 Å². The average molecular weight is 327 g/mol. The molecule has 0 spiro atoms. The average Bonchev–Trinajstić information content (AvgIpc) is 2.49. The zero-order valence-electron chi connectivity index (χ0n) is 16.4. The van der Waals surface area contributed by atoms with E-state index in [0.717, 1.165) is 18.1 Å². The molecular formula is C23H34O. The molecule has 2 aliphatic rings. The number of hydrogen-bond acceptors (Lipinski definition) is 1. The third-order valence-electron chi connectivity index (χ3n) is 7.08. The van der Waals surface area contributed by atoms with E-state index < -0.39 is 0 Å². The molecule has 0 aliphatic heterocycles. The lowest BCUT2D eigenvalue weighted by Crippen LogP contribution is -2.49. The van der Waals surface area contributed by atoms with Crippen LogP contribution in [0, 0.1) is 29.6 Å². The molecule has 0 heterocycles. The van der Waals surface area contributed by atoms with Crippen molar-refractivity contribution in [3.8, 4) is 5.75 Å². The van der Waals surface area contributed by atoms with Crippen LogP contribution in [0.1, 0.15) is 64.5 Å². The lowest BCUT2D eigenvalue weighted by Gasteiger charge is -2.57. The van der Waals surface area contributed by atoms with Crippen molar-refractivity contribution >= 4 is 0 Å². The molecule has 1 heteroatoms. The monoisotopic (exact) mass is 326 g/mol. The van der Waals surface area contributed by atoms with Gasteiger partial charge in [-0.05, 0) is 85.5 Å². The van der Waals surface area contributed by atoms with Crippen LogP contribution in [0.25, 0.3) is 0 Å². The standard InChI is InChI=1S/C23H34O/c1-16-12-18(14-19(13-16)24-6)15-20-17(2)8-9-21-22(3,4)10-7-11-23(20,21)5/h8,12-14,20-21H,7,9-11,15H2,1-6H3/t20-,21-,23+/m0/s1. The largest absolute Gasteiger partial charge is 0.497 e. The molecular weight excluding hydrogens is 292 g/mol. The molecule has 0 saturated heterocycles. The summed E-state index contributed by atoms with van der Waals surface area (Å²) < 4.78 is 5.50. The van der Waals surface area contributed by atoms with Gasteiger partial charge in [0.2, 0.25) is 0 Å². The number of aryl methyl sites for hydroxylation is 1. The normalized spacial score (nSPS) is 32.0. The quantitative estimate of drug-likeness (QED) is 0.588. The molecule has 1 aromatic carbocycles. The van der Waals surface area contributed by atoms with Gasteiger partial charge >= 0.3 is 0 Å². The van der Waals surface area contributed by atoms with E-state index in [4.69, 9.17) is 4.74 Å². The van der Waals surface area contributed by atoms with E-state index in [9.17, 15) is 0 Å². The van der Waals surface area contributed by atoms with Gasteiger partial charge in [0.25, 0.3) is 0 Å². The summed E-state index contributed by atoms with van der Waals surface area (Å²) in [5.41, 5.74) is 5.22. The third kappa shape index (κ3) is 3.03. The van der Waals surface area contributed by atoms with Crippen LogP contribution >= 0.6 is 0 Å². The van der Waals surface area contributed by atoms with E-state index >= 15 is 0 Å². The molecule has 0 unspecified atom stereocenters. The van der Waals surface area contributed by atoms with E-state index in [2.05, 4.69) is 58.9 Å². The summed E-state index contributed by atoms with van der Waals surface area (Å²) in [6.07, 6.45) is 9.08.